The Hall–Kier alpha value is -2.23. The van der Waals surface area contributed by atoms with Crippen molar-refractivity contribution in [2.75, 3.05) is 38.1 Å². The quantitative estimate of drug-likeness (QED) is 0.307. The number of aliphatic imine (C=N–C) groups is 1. The summed E-state index contributed by atoms with van der Waals surface area (Å²) in [5.74, 6) is -0.339. The monoisotopic (exact) mass is 568 g/mol. The summed E-state index contributed by atoms with van der Waals surface area (Å²) in [7, 11) is 1.75. The third-order valence-electron chi connectivity index (χ3n) is 6.54. The van der Waals surface area contributed by atoms with Crippen LogP contribution in [-0.2, 0) is 4.79 Å². The van der Waals surface area contributed by atoms with E-state index >= 15 is 0 Å². The number of anilines is 1. The Morgan fingerprint density at radius 1 is 1.21 bits per heavy atom. The first kappa shape index (κ1) is 25.4. The number of guanidine groups is 1. The number of rotatable bonds is 6. The minimum atomic E-state index is -0.833. The van der Waals surface area contributed by atoms with Gasteiger partial charge in [-0.25, -0.2) is 8.78 Å². The molecule has 0 saturated carbocycles. The van der Waals surface area contributed by atoms with Crippen LogP contribution in [0.3, 0.4) is 0 Å². The van der Waals surface area contributed by atoms with Crippen molar-refractivity contribution < 1.29 is 13.6 Å². The van der Waals surface area contributed by atoms with Gasteiger partial charge in [-0.1, -0.05) is 31.2 Å². The summed E-state index contributed by atoms with van der Waals surface area (Å²) in [6, 6.07) is 12.4. The summed E-state index contributed by atoms with van der Waals surface area (Å²) >= 11 is 0. The van der Waals surface area contributed by atoms with Gasteiger partial charge in [0.05, 0.1) is 0 Å². The van der Waals surface area contributed by atoms with Gasteiger partial charge < -0.3 is 15.1 Å². The number of hydrogen-bond acceptors (Lipinski definition) is 2. The molecule has 0 spiro atoms. The minimum absolute atomic E-state index is 0. The average molecular weight is 568 g/mol. The molecule has 1 saturated heterocycles. The van der Waals surface area contributed by atoms with Gasteiger partial charge in [-0.15, -0.1) is 24.0 Å². The van der Waals surface area contributed by atoms with E-state index in [2.05, 4.69) is 33.4 Å². The Balaban J connectivity index is 0.00000306. The van der Waals surface area contributed by atoms with E-state index in [9.17, 15) is 13.6 Å². The fourth-order valence-electron chi connectivity index (χ4n) is 4.67. The maximum absolute atomic E-state index is 13.6. The van der Waals surface area contributed by atoms with Crippen LogP contribution in [0.4, 0.5) is 14.5 Å². The highest BCUT2D eigenvalue weighted by atomic mass is 127. The summed E-state index contributed by atoms with van der Waals surface area (Å²) in [6.07, 6.45) is 2.54. The van der Waals surface area contributed by atoms with Crippen LogP contribution in [0.5, 0.6) is 0 Å². The molecule has 2 atom stereocenters. The van der Waals surface area contributed by atoms with Crippen molar-refractivity contribution in [2.45, 2.75) is 38.0 Å². The van der Waals surface area contributed by atoms with Crippen LogP contribution >= 0.6 is 24.0 Å². The van der Waals surface area contributed by atoms with Crippen LogP contribution in [0, 0.1) is 11.6 Å². The van der Waals surface area contributed by atoms with Gasteiger partial charge >= 0.3 is 0 Å². The molecule has 2 aromatic carbocycles. The largest absolute Gasteiger partial charge is 0.355 e. The Morgan fingerprint density at radius 3 is 2.70 bits per heavy atom. The van der Waals surface area contributed by atoms with Crippen molar-refractivity contribution in [3.8, 4) is 0 Å². The highest BCUT2D eigenvalue weighted by Gasteiger charge is 2.32. The fourth-order valence-corrected chi connectivity index (χ4v) is 4.67. The number of carbonyl (C=O) groups excluding carboxylic acids is 1. The molecule has 0 aliphatic carbocycles. The predicted octanol–water partition coefficient (Wildman–Crippen LogP) is 4.88. The number of fused-ring (bicyclic) bond motifs is 1. The molecule has 2 heterocycles. The van der Waals surface area contributed by atoms with Crippen LogP contribution in [0.2, 0.25) is 0 Å². The molecule has 1 N–H and O–H groups in total. The molecule has 8 heteroatoms. The molecule has 0 aromatic heterocycles. The number of halogens is 3. The molecule has 2 unspecified atom stereocenters. The second-order valence-corrected chi connectivity index (χ2v) is 8.64. The summed E-state index contributed by atoms with van der Waals surface area (Å²) in [5, 5.41) is 3.40. The van der Waals surface area contributed by atoms with Crippen LogP contribution < -0.4 is 10.2 Å². The number of amides is 1. The molecular weight excluding hydrogens is 537 g/mol. The number of nitrogens with zero attached hydrogens (tertiary/aromatic N) is 3. The molecule has 2 aliphatic heterocycles. The molecule has 4 rings (SSSR count). The zero-order valence-corrected chi connectivity index (χ0v) is 21.4. The molecule has 2 aliphatic rings. The molecule has 2 aromatic rings. The van der Waals surface area contributed by atoms with Gasteiger partial charge in [-0.2, -0.15) is 0 Å². The molecule has 5 nitrogen and oxygen atoms in total. The lowest BCUT2D eigenvalue weighted by atomic mass is 9.98. The van der Waals surface area contributed by atoms with Gasteiger partial charge in [0.15, 0.2) is 17.6 Å². The maximum Gasteiger partial charge on any atom is 0.222 e. The Labute approximate surface area is 211 Å². The normalized spacial score (nSPS) is 18.8. The van der Waals surface area contributed by atoms with E-state index in [1.54, 1.807) is 13.1 Å². The average Bonchev–Trinajstić information content (AvgIpc) is 3.38. The van der Waals surface area contributed by atoms with Crippen molar-refractivity contribution in [1.82, 2.24) is 10.2 Å². The van der Waals surface area contributed by atoms with Crippen LogP contribution in [0.15, 0.2) is 47.5 Å². The summed E-state index contributed by atoms with van der Waals surface area (Å²) < 4.78 is 26.9. The third kappa shape index (κ3) is 5.65. The van der Waals surface area contributed by atoms with Crippen LogP contribution in [0.25, 0.3) is 0 Å². The van der Waals surface area contributed by atoms with Crippen molar-refractivity contribution in [3.63, 3.8) is 0 Å². The molecule has 1 amide bonds. The van der Waals surface area contributed by atoms with Crippen molar-refractivity contribution in [3.05, 3.63) is 65.2 Å². The minimum Gasteiger partial charge on any atom is -0.355 e. The van der Waals surface area contributed by atoms with Gasteiger partial charge in [-0.05, 0) is 48.1 Å². The number of hydrogen-bond donors (Lipinski definition) is 1. The SMILES string of the molecule is CN=C(NCC(C)c1ccc(F)c(F)c1)N1CC(CCN2CCCC2=O)c2ccccc21.I. The number of para-hydroxylation sites is 1. The molecule has 0 radical (unpaired) electrons. The van der Waals surface area contributed by atoms with E-state index in [1.807, 2.05) is 17.9 Å². The highest BCUT2D eigenvalue weighted by molar-refractivity contribution is 14.0. The van der Waals surface area contributed by atoms with Gasteiger partial charge in [0.25, 0.3) is 0 Å². The summed E-state index contributed by atoms with van der Waals surface area (Å²) in [4.78, 5) is 20.6. The lowest BCUT2D eigenvalue weighted by Crippen LogP contribution is -2.42. The number of carbonyl (C=O) groups is 1. The van der Waals surface area contributed by atoms with Gasteiger partial charge in [0.1, 0.15) is 0 Å². The van der Waals surface area contributed by atoms with E-state index in [4.69, 9.17) is 0 Å². The van der Waals surface area contributed by atoms with E-state index in [0.717, 1.165) is 49.7 Å². The Kier molecular flexibility index (Phi) is 8.67. The van der Waals surface area contributed by atoms with Gasteiger partial charge in [-0.3, -0.25) is 9.79 Å². The molecule has 0 bridgehead atoms. The number of benzene rings is 2. The molecule has 178 valence electrons. The lowest BCUT2D eigenvalue weighted by molar-refractivity contribution is -0.127. The molecular formula is C25H31F2IN4O. The highest BCUT2D eigenvalue weighted by Crippen LogP contribution is 2.38. The smallest absolute Gasteiger partial charge is 0.222 e. The Bertz CT molecular complexity index is 1020. The second-order valence-electron chi connectivity index (χ2n) is 8.64. The van der Waals surface area contributed by atoms with Crippen LogP contribution in [-0.4, -0.2) is 50.0 Å². The topological polar surface area (TPSA) is 47.9 Å². The van der Waals surface area contributed by atoms with Crippen molar-refractivity contribution in [1.29, 1.82) is 0 Å². The van der Waals surface area contributed by atoms with E-state index in [-0.39, 0.29) is 35.8 Å². The predicted molar refractivity (Wildman–Crippen MR) is 139 cm³/mol. The first-order valence-electron chi connectivity index (χ1n) is 11.3. The number of nitrogens with one attached hydrogen (secondary N) is 1. The second kappa shape index (κ2) is 11.3. The lowest BCUT2D eigenvalue weighted by Gasteiger charge is -2.25. The summed E-state index contributed by atoms with van der Waals surface area (Å²) in [6.45, 7) is 4.96. The number of likely N-dealkylation sites (tertiary alicyclic amines) is 1. The van der Waals surface area contributed by atoms with Gasteiger partial charge in [0, 0.05) is 51.3 Å². The third-order valence-corrected chi connectivity index (χ3v) is 6.54. The van der Waals surface area contributed by atoms with E-state index < -0.39 is 11.6 Å². The van der Waals surface area contributed by atoms with E-state index in [1.165, 1.54) is 17.7 Å². The first-order valence-corrected chi connectivity index (χ1v) is 11.3. The standard InChI is InChI=1S/C25H30F2N4O.HI/c1-17(18-9-10-21(26)22(27)14-18)15-29-25(28-2)31-16-19(20-6-3-4-7-23(20)31)11-13-30-12-5-8-24(30)32;/h3-4,6-7,9-10,14,17,19H,5,8,11-13,15-16H2,1-2H3,(H,28,29);1H. The molecule has 33 heavy (non-hydrogen) atoms. The van der Waals surface area contributed by atoms with Gasteiger partial charge in [0.2, 0.25) is 5.91 Å². The van der Waals surface area contributed by atoms with E-state index in [0.29, 0.717) is 18.9 Å². The van der Waals surface area contributed by atoms with Crippen molar-refractivity contribution in [2.24, 2.45) is 4.99 Å². The summed E-state index contributed by atoms with van der Waals surface area (Å²) in [5.41, 5.74) is 3.14. The van der Waals surface area contributed by atoms with Crippen molar-refractivity contribution >= 4 is 41.5 Å². The Morgan fingerprint density at radius 2 is 2.00 bits per heavy atom. The zero-order chi connectivity index (χ0) is 22.7. The fraction of sp³-hybridized carbons (Fsp3) is 0.440. The molecule has 1 fully saturated rings. The first-order chi connectivity index (χ1) is 15.5. The zero-order valence-electron chi connectivity index (χ0n) is 19.1. The van der Waals surface area contributed by atoms with Crippen LogP contribution in [0.1, 0.15) is 49.1 Å². The maximum atomic E-state index is 13.6.